The smallest absolute Gasteiger partial charge is 0.264 e. The number of hydrogen-bond donors (Lipinski definition) is 1. The molecule has 0 saturated heterocycles. The summed E-state index contributed by atoms with van der Waals surface area (Å²) in [5, 5.41) is 3.38. The van der Waals surface area contributed by atoms with Crippen molar-refractivity contribution < 1.29 is 18.0 Å². The largest absolute Gasteiger partial charge is 0.352 e. The molecule has 4 aromatic carbocycles. The Kier molecular flexibility index (Phi) is 12.3. The van der Waals surface area contributed by atoms with Gasteiger partial charge in [-0.25, -0.2) is 8.42 Å². The number of halogens is 3. The molecule has 2 amide bonds. The first-order valence-corrected chi connectivity index (χ1v) is 17.8. The van der Waals surface area contributed by atoms with E-state index in [9.17, 15) is 18.0 Å². The van der Waals surface area contributed by atoms with Crippen LogP contribution in [0.1, 0.15) is 37.0 Å². The summed E-state index contributed by atoms with van der Waals surface area (Å²) in [7, 11) is -4.31. The summed E-state index contributed by atoms with van der Waals surface area (Å²) < 4.78 is 30.2. The van der Waals surface area contributed by atoms with Gasteiger partial charge in [0.15, 0.2) is 0 Å². The highest BCUT2D eigenvalue weighted by atomic mass is 79.9. The van der Waals surface area contributed by atoms with Crippen LogP contribution in [0, 0.1) is 6.92 Å². The Morgan fingerprint density at radius 3 is 2.22 bits per heavy atom. The second kappa shape index (κ2) is 16.0. The van der Waals surface area contributed by atoms with Crippen LogP contribution in [0.5, 0.6) is 0 Å². The van der Waals surface area contributed by atoms with Crippen molar-refractivity contribution in [3.8, 4) is 0 Å². The van der Waals surface area contributed by atoms with Gasteiger partial charge in [0.1, 0.15) is 12.6 Å². The van der Waals surface area contributed by atoms with Crippen molar-refractivity contribution in [3.05, 3.63) is 128 Å². The topological polar surface area (TPSA) is 86.8 Å². The summed E-state index contributed by atoms with van der Waals surface area (Å²) in [4.78, 5) is 30.0. The van der Waals surface area contributed by atoms with Crippen LogP contribution in [0.25, 0.3) is 0 Å². The Morgan fingerprint density at radius 2 is 1.57 bits per heavy atom. The third-order valence-electron chi connectivity index (χ3n) is 7.58. The predicted octanol–water partition coefficient (Wildman–Crippen LogP) is 7.81. The van der Waals surface area contributed by atoms with Crippen molar-refractivity contribution in [3.63, 3.8) is 0 Å². The molecule has 11 heteroatoms. The van der Waals surface area contributed by atoms with Crippen molar-refractivity contribution >= 4 is 66.7 Å². The molecule has 0 bridgehead atoms. The number of benzene rings is 4. The van der Waals surface area contributed by atoms with Gasteiger partial charge >= 0.3 is 0 Å². The first-order valence-electron chi connectivity index (χ1n) is 14.8. The summed E-state index contributed by atoms with van der Waals surface area (Å²) in [6, 6.07) is 26.5. The van der Waals surface area contributed by atoms with Crippen LogP contribution in [0.3, 0.4) is 0 Å². The molecule has 0 unspecified atom stereocenters. The minimum absolute atomic E-state index is 0.0177. The van der Waals surface area contributed by atoms with Gasteiger partial charge in [0.25, 0.3) is 10.0 Å². The zero-order chi connectivity index (χ0) is 33.4. The number of anilines is 1. The zero-order valence-corrected chi connectivity index (χ0v) is 29.7. The van der Waals surface area contributed by atoms with Crippen LogP contribution >= 0.6 is 39.1 Å². The van der Waals surface area contributed by atoms with Gasteiger partial charge < -0.3 is 10.2 Å². The Labute approximate surface area is 289 Å². The summed E-state index contributed by atoms with van der Waals surface area (Å²) in [6.07, 6.45) is 0.907. The number of aryl methyl sites for hydroxylation is 1. The first kappa shape index (κ1) is 35.5. The molecule has 0 aliphatic carbocycles. The maximum Gasteiger partial charge on any atom is 0.264 e. The van der Waals surface area contributed by atoms with Crippen LogP contribution < -0.4 is 9.62 Å². The molecule has 0 fully saturated rings. The van der Waals surface area contributed by atoms with Gasteiger partial charge in [0, 0.05) is 28.5 Å². The lowest BCUT2D eigenvalue weighted by Crippen LogP contribution is -2.54. The van der Waals surface area contributed by atoms with Gasteiger partial charge in [0.2, 0.25) is 11.8 Å². The molecule has 0 radical (unpaired) electrons. The number of rotatable bonds is 13. The van der Waals surface area contributed by atoms with E-state index in [1.54, 1.807) is 18.2 Å². The third-order valence-corrected chi connectivity index (χ3v) is 10.4. The summed E-state index contributed by atoms with van der Waals surface area (Å²) in [5.41, 5.74) is 2.53. The highest BCUT2D eigenvalue weighted by Crippen LogP contribution is 2.33. The lowest BCUT2D eigenvalue weighted by atomic mass is 10.0. The van der Waals surface area contributed by atoms with Crippen LogP contribution in [0.2, 0.25) is 10.0 Å². The molecule has 46 heavy (non-hydrogen) atoms. The predicted molar refractivity (Wildman–Crippen MR) is 189 cm³/mol. The molecule has 0 saturated carbocycles. The van der Waals surface area contributed by atoms with Gasteiger partial charge in [-0.05, 0) is 73.9 Å². The minimum Gasteiger partial charge on any atom is -0.352 e. The van der Waals surface area contributed by atoms with Crippen LogP contribution in [0.15, 0.2) is 106 Å². The Bertz CT molecular complexity index is 1770. The summed E-state index contributed by atoms with van der Waals surface area (Å²) in [5.74, 6) is -0.929. The SMILES string of the molecule is CC[C@H](C)NC(=O)[C@H](Cc1ccccc1)N(Cc1cccc(Br)c1)C(=O)CN(c1cc(Cl)ccc1Cl)S(=O)(=O)c1ccc(C)cc1. The quantitative estimate of drug-likeness (QED) is 0.151. The van der Waals surface area contributed by atoms with E-state index in [0.29, 0.717) is 6.42 Å². The molecular weight excluding hydrogens is 709 g/mol. The molecular formula is C35H36BrCl2N3O4S. The van der Waals surface area contributed by atoms with Gasteiger partial charge in [0.05, 0.1) is 15.6 Å². The van der Waals surface area contributed by atoms with Crippen molar-refractivity contribution in [2.45, 2.75) is 57.1 Å². The van der Waals surface area contributed by atoms with E-state index < -0.39 is 28.5 Å². The number of hydrogen-bond acceptors (Lipinski definition) is 4. The molecule has 4 aromatic rings. The fraction of sp³-hybridized carbons (Fsp3) is 0.257. The molecule has 2 atom stereocenters. The van der Waals surface area contributed by atoms with E-state index in [1.165, 1.54) is 29.2 Å². The number of nitrogens with one attached hydrogen (secondary N) is 1. The van der Waals surface area contributed by atoms with Gasteiger partial charge in [-0.1, -0.05) is 106 Å². The Morgan fingerprint density at radius 1 is 0.891 bits per heavy atom. The maximum absolute atomic E-state index is 14.6. The molecule has 0 heterocycles. The molecule has 4 rings (SSSR count). The summed E-state index contributed by atoms with van der Waals surface area (Å²) in [6.45, 7) is 5.12. The van der Waals surface area contributed by atoms with Crippen molar-refractivity contribution in [1.82, 2.24) is 10.2 Å². The van der Waals surface area contributed by atoms with Crippen molar-refractivity contribution in [2.24, 2.45) is 0 Å². The van der Waals surface area contributed by atoms with E-state index in [-0.39, 0.29) is 45.5 Å². The first-order chi connectivity index (χ1) is 21.9. The number of nitrogens with zero attached hydrogens (tertiary/aromatic N) is 2. The molecule has 0 aliphatic rings. The minimum atomic E-state index is -4.31. The van der Waals surface area contributed by atoms with Gasteiger partial charge in [-0.15, -0.1) is 0 Å². The van der Waals surface area contributed by atoms with E-state index in [0.717, 1.165) is 25.5 Å². The zero-order valence-electron chi connectivity index (χ0n) is 25.8. The van der Waals surface area contributed by atoms with E-state index >= 15 is 0 Å². The van der Waals surface area contributed by atoms with E-state index in [2.05, 4.69) is 21.2 Å². The number of amides is 2. The normalized spacial score (nSPS) is 12.7. The lowest BCUT2D eigenvalue weighted by molar-refractivity contribution is -0.140. The number of carbonyl (C=O) groups is 2. The average molecular weight is 746 g/mol. The van der Waals surface area contributed by atoms with Gasteiger partial charge in [-0.3, -0.25) is 13.9 Å². The van der Waals surface area contributed by atoms with Crippen molar-refractivity contribution in [2.75, 3.05) is 10.8 Å². The van der Waals surface area contributed by atoms with Gasteiger partial charge in [-0.2, -0.15) is 0 Å². The van der Waals surface area contributed by atoms with Crippen LogP contribution in [-0.2, 0) is 32.6 Å². The number of carbonyl (C=O) groups excluding carboxylic acids is 2. The van der Waals surface area contributed by atoms with E-state index in [4.69, 9.17) is 23.2 Å². The molecule has 0 spiro atoms. The summed E-state index contributed by atoms with van der Waals surface area (Å²) >= 11 is 16.4. The molecule has 1 N–H and O–H groups in total. The third kappa shape index (κ3) is 9.12. The highest BCUT2D eigenvalue weighted by molar-refractivity contribution is 9.10. The molecule has 7 nitrogen and oxygen atoms in total. The van der Waals surface area contributed by atoms with Crippen molar-refractivity contribution in [1.29, 1.82) is 0 Å². The fourth-order valence-corrected chi connectivity index (χ4v) is 7.16. The monoisotopic (exact) mass is 743 g/mol. The second-order valence-electron chi connectivity index (χ2n) is 11.1. The fourth-order valence-electron chi connectivity index (χ4n) is 4.85. The standard InChI is InChI=1S/C35H36BrCl2N3O4S/c1-4-25(3)39-35(43)33(20-26-9-6-5-7-10-26)40(22-27-11-8-12-28(36)19-27)34(42)23-41(32-21-29(37)15-18-31(32)38)46(44,45)30-16-13-24(2)14-17-30/h5-19,21,25,33H,4,20,22-23H2,1-3H3,(H,39,43)/t25-,33-/m0/s1. The van der Waals surface area contributed by atoms with Crippen LogP contribution in [-0.4, -0.2) is 43.8 Å². The Hall–Kier alpha value is -3.37. The molecule has 242 valence electrons. The maximum atomic E-state index is 14.6. The second-order valence-corrected chi connectivity index (χ2v) is 14.7. The average Bonchev–Trinajstić information content (AvgIpc) is 3.03. The highest BCUT2D eigenvalue weighted by Gasteiger charge is 2.35. The Balaban J connectivity index is 1.84. The van der Waals surface area contributed by atoms with E-state index in [1.807, 2.05) is 75.4 Å². The number of sulfonamides is 1. The van der Waals surface area contributed by atoms with Crippen LogP contribution in [0.4, 0.5) is 5.69 Å². The lowest BCUT2D eigenvalue weighted by Gasteiger charge is -2.34. The molecule has 0 aromatic heterocycles. The molecule has 0 aliphatic heterocycles.